The number of benzene rings is 3. The molecule has 0 spiro atoms. The molecule has 180 valence electrons. The molecule has 0 aromatic heterocycles. The Balaban J connectivity index is 1.82. The van der Waals surface area contributed by atoms with Crippen molar-refractivity contribution in [2.75, 3.05) is 38.7 Å². The Bertz CT molecular complexity index is 1540. The first-order chi connectivity index (χ1) is 16.9. The molecule has 4 nitrogen and oxygen atoms in total. The third-order valence-corrected chi connectivity index (χ3v) is 10.6. The van der Waals surface area contributed by atoms with E-state index in [1.165, 1.54) is 38.9 Å². The van der Waals surface area contributed by atoms with Crippen LogP contribution in [0.3, 0.4) is 0 Å². The Morgan fingerprint density at radius 1 is 1.00 bits per heavy atom. The van der Waals surface area contributed by atoms with Crippen molar-refractivity contribution in [1.29, 1.82) is 0 Å². The maximum atomic E-state index is 15.1. The minimum Gasteiger partial charge on any atom is -0.374 e. The zero-order valence-corrected chi connectivity index (χ0v) is 22.1. The van der Waals surface area contributed by atoms with Crippen molar-refractivity contribution in [3.63, 3.8) is 0 Å². The lowest BCUT2D eigenvalue weighted by atomic mass is 9.88. The third kappa shape index (κ3) is 3.45. The quantitative estimate of drug-likeness (QED) is 0.422. The van der Waals surface area contributed by atoms with Gasteiger partial charge in [-0.15, -0.1) is 0 Å². The van der Waals surface area contributed by atoms with E-state index in [0.717, 1.165) is 60.2 Å². The van der Waals surface area contributed by atoms with Crippen molar-refractivity contribution in [3.05, 3.63) is 86.9 Å². The van der Waals surface area contributed by atoms with Crippen molar-refractivity contribution in [2.45, 2.75) is 39.5 Å². The molecule has 3 aromatic rings. The van der Waals surface area contributed by atoms with Crippen molar-refractivity contribution >= 4 is 29.2 Å². The van der Waals surface area contributed by atoms with Crippen LogP contribution in [0.15, 0.2) is 48.5 Å². The largest absolute Gasteiger partial charge is 0.374 e. The molecular formula is C30H34N2O2P+. The second kappa shape index (κ2) is 8.47. The predicted molar refractivity (Wildman–Crippen MR) is 145 cm³/mol. The molecule has 3 aliphatic heterocycles. The highest BCUT2D eigenvalue weighted by Gasteiger charge is 2.40. The molecule has 0 saturated carbocycles. The van der Waals surface area contributed by atoms with Crippen LogP contribution in [-0.4, -0.2) is 33.8 Å². The molecule has 1 unspecified atom stereocenters. The fraction of sp³-hybridized carbons (Fsp3) is 0.367. The van der Waals surface area contributed by atoms with E-state index in [1.807, 2.05) is 6.92 Å². The van der Waals surface area contributed by atoms with Gasteiger partial charge >= 0.3 is 0 Å². The first-order valence-corrected chi connectivity index (χ1v) is 14.5. The predicted octanol–water partition coefficient (Wildman–Crippen LogP) is 3.27. The topological polar surface area (TPSA) is 32.6 Å². The van der Waals surface area contributed by atoms with E-state index in [2.05, 4.69) is 79.0 Å². The van der Waals surface area contributed by atoms with Crippen LogP contribution in [0.2, 0.25) is 0 Å². The summed E-state index contributed by atoms with van der Waals surface area (Å²) in [6.45, 7) is 6.59. The molecule has 0 amide bonds. The summed E-state index contributed by atoms with van der Waals surface area (Å²) in [4.78, 5) is 2.30. The summed E-state index contributed by atoms with van der Waals surface area (Å²) >= 11 is 0. The van der Waals surface area contributed by atoms with Gasteiger partial charge in [0.15, 0.2) is 0 Å². The van der Waals surface area contributed by atoms with Gasteiger partial charge in [0, 0.05) is 37.3 Å². The van der Waals surface area contributed by atoms with Crippen LogP contribution in [0.4, 0.5) is 5.69 Å². The Hall–Kier alpha value is -2.68. The van der Waals surface area contributed by atoms with Gasteiger partial charge in [-0.05, 0) is 84.4 Å². The molecule has 3 heterocycles. The van der Waals surface area contributed by atoms with Gasteiger partial charge in [0.25, 0.3) is 7.37 Å². The van der Waals surface area contributed by atoms with Crippen molar-refractivity contribution < 1.29 is 9.09 Å². The summed E-state index contributed by atoms with van der Waals surface area (Å²) in [5.41, 5.74) is 8.61. The first-order valence-electron chi connectivity index (χ1n) is 12.9. The van der Waals surface area contributed by atoms with E-state index in [9.17, 15) is 0 Å². The van der Waals surface area contributed by atoms with Gasteiger partial charge in [0.05, 0.1) is 17.2 Å². The summed E-state index contributed by atoms with van der Waals surface area (Å²) in [6, 6.07) is 17.6. The van der Waals surface area contributed by atoms with E-state index in [0.29, 0.717) is 6.61 Å². The average molecular weight is 486 g/mol. The van der Waals surface area contributed by atoms with Gasteiger partial charge in [0.1, 0.15) is 13.6 Å². The molecule has 0 saturated heterocycles. The van der Waals surface area contributed by atoms with Crippen LogP contribution in [-0.2, 0) is 21.9 Å². The highest BCUT2D eigenvalue weighted by Crippen LogP contribution is 2.49. The summed E-state index contributed by atoms with van der Waals surface area (Å²) in [7, 11) is 1.000. The maximum Gasteiger partial charge on any atom is 0.262 e. The molecule has 0 fully saturated rings. The number of anilines is 1. The van der Waals surface area contributed by atoms with E-state index >= 15 is 4.57 Å². The summed E-state index contributed by atoms with van der Waals surface area (Å²) < 4.78 is 23.7. The highest BCUT2D eigenvalue weighted by molar-refractivity contribution is 7.74. The summed E-state index contributed by atoms with van der Waals surface area (Å²) in [6.07, 6.45) is 4.38. The molecular weight excluding hydrogens is 451 g/mol. The Morgan fingerprint density at radius 3 is 2.60 bits per heavy atom. The minimum absolute atomic E-state index is 0.412. The average Bonchev–Trinajstić information content (AvgIpc) is 2.85. The Kier molecular flexibility index (Phi) is 5.51. The molecule has 5 heteroatoms. The SMILES string of the molecule is CCOP1(=O)c2cc3c(cc2C(c2ccccc2C)=c2cc4c(cc21)=[N+](C)CCC4)CCCN3C. The number of rotatable bonds is 3. The zero-order chi connectivity index (χ0) is 24.3. The Morgan fingerprint density at radius 2 is 1.80 bits per heavy atom. The van der Waals surface area contributed by atoms with Crippen molar-refractivity contribution in [1.82, 2.24) is 4.58 Å². The van der Waals surface area contributed by atoms with Gasteiger partial charge in [-0.3, -0.25) is 4.57 Å². The summed E-state index contributed by atoms with van der Waals surface area (Å²) in [5.74, 6) is 0. The van der Waals surface area contributed by atoms with E-state index < -0.39 is 7.37 Å². The van der Waals surface area contributed by atoms with Crippen LogP contribution >= 0.6 is 7.37 Å². The number of fused-ring (bicyclic) bond motifs is 4. The fourth-order valence-corrected chi connectivity index (χ4v) is 8.71. The number of aryl methyl sites for hydroxylation is 3. The summed E-state index contributed by atoms with van der Waals surface area (Å²) in [5, 5.41) is 3.99. The minimum atomic E-state index is -3.29. The van der Waals surface area contributed by atoms with E-state index in [4.69, 9.17) is 4.52 Å². The number of hydrogen-bond acceptors (Lipinski definition) is 3. The molecule has 3 aromatic carbocycles. The third-order valence-electron chi connectivity index (χ3n) is 7.99. The van der Waals surface area contributed by atoms with Crippen LogP contribution in [0.5, 0.6) is 0 Å². The normalized spacial score (nSPS) is 20.7. The molecule has 6 rings (SSSR count). The van der Waals surface area contributed by atoms with E-state index in [-0.39, 0.29) is 0 Å². The van der Waals surface area contributed by atoms with Gasteiger partial charge in [0.2, 0.25) is 5.36 Å². The lowest BCUT2D eigenvalue weighted by molar-refractivity contribution is 0.347. The number of nitrogens with zero attached hydrogens (tertiary/aromatic N) is 2. The highest BCUT2D eigenvalue weighted by atomic mass is 31.2. The van der Waals surface area contributed by atoms with Gasteiger partial charge in [-0.25, -0.2) is 4.58 Å². The second-order valence-corrected chi connectivity index (χ2v) is 12.5. The van der Waals surface area contributed by atoms with Gasteiger partial charge < -0.3 is 9.42 Å². The van der Waals surface area contributed by atoms with Crippen LogP contribution < -0.4 is 30.7 Å². The fourth-order valence-electron chi connectivity index (χ4n) is 6.24. The molecule has 0 N–H and O–H groups in total. The van der Waals surface area contributed by atoms with Crippen molar-refractivity contribution in [3.8, 4) is 0 Å². The second-order valence-electron chi connectivity index (χ2n) is 10.2. The number of hydrogen-bond donors (Lipinski definition) is 0. The monoisotopic (exact) mass is 485 g/mol. The van der Waals surface area contributed by atoms with Crippen molar-refractivity contribution in [2.24, 2.45) is 0 Å². The molecule has 0 aliphatic carbocycles. The lowest BCUT2D eigenvalue weighted by Gasteiger charge is -2.33. The van der Waals surface area contributed by atoms with Crippen LogP contribution in [0.1, 0.15) is 47.6 Å². The molecule has 0 bridgehead atoms. The molecule has 1 atom stereocenters. The zero-order valence-electron chi connectivity index (χ0n) is 21.2. The first kappa shape index (κ1) is 22.8. The maximum absolute atomic E-state index is 15.1. The smallest absolute Gasteiger partial charge is 0.262 e. The Labute approximate surface area is 208 Å². The molecule has 3 aliphatic rings. The van der Waals surface area contributed by atoms with Crippen LogP contribution in [0, 0.1) is 6.92 Å². The standard InChI is InChI=1S/C30H34N2O2P/c1-5-34-35(33)28-18-26-21(11-8-14-31(26)3)16-24(28)30(23-13-7-6-10-20(23)2)25-17-22-12-9-15-32(4)27(22)19-29(25)35/h6-7,10,13,16-19H,5,8-9,11-12,14-15H2,1-4H3/q+1. The molecule has 35 heavy (non-hydrogen) atoms. The van der Waals surface area contributed by atoms with Gasteiger partial charge in [-0.2, -0.15) is 0 Å². The molecule has 0 radical (unpaired) electrons. The van der Waals surface area contributed by atoms with Crippen LogP contribution in [0.25, 0.3) is 5.57 Å². The van der Waals surface area contributed by atoms with Gasteiger partial charge in [-0.1, -0.05) is 24.3 Å². The van der Waals surface area contributed by atoms with E-state index in [1.54, 1.807) is 0 Å². The lowest BCUT2D eigenvalue weighted by Crippen LogP contribution is -2.45.